The Balaban J connectivity index is 1.98. The fourth-order valence-electron chi connectivity index (χ4n) is 1.87. The largest absolute Gasteiger partial charge is 0.321 e. The van der Waals surface area contributed by atoms with Gasteiger partial charge in [0.2, 0.25) is 0 Å². The summed E-state index contributed by atoms with van der Waals surface area (Å²) in [7, 11) is 3.61. The van der Waals surface area contributed by atoms with E-state index in [0.29, 0.717) is 12.4 Å². The fraction of sp³-hybridized carbons (Fsp3) is 0.357. The van der Waals surface area contributed by atoms with Crippen LogP contribution in [0.15, 0.2) is 30.6 Å². The van der Waals surface area contributed by atoms with E-state index in [0.717, 1.165) is 11.3 Å². The summed E-state index contributed by atoms with van der Waals surface area (Å²) in [5, 5.41) is 12.5. The summed E-state index contributed by atoms with van der Waals surface area (Å²) in [6, 6.07) is 7.81. The first-order chi connectivity index (χ1) is 10.1. The van der Waals surface area contributed by atoms with Gasteiger partial charge < -0.3 is 15.5 Å². The summed E-state index contributed by atoms with van der Waals surface area (Å²) < 4.78 is 0. The van der Waals surface area contributed by atoms with Crippen molar-refractivity contribution in [2.24, 2.45) is 0 Å². The lowest BCUT2D eigenvalue weighted by molar-refractivity contribution is 0.219. The topological polar surface area (TPSA) is 85.9 Å². The normalized spacial score (nSPS) is 12.0. The van der Waals surface area contributed by atoms with Gasteiger partial charge in [0.1, 0.15) is 12.2 Å². The van der Waals surface area contributed by atoms with E-state index in [2.05, 4.69) is 32.7 Å². The van der Waals surface area contributed by atoms with Gasteiger partial charge >= 0.3 is 6.03 Å². The van der Waals surface area contributed by atoms with Crippen molar-refractivity contribution in [1.82, 2.24) is 25.4 Å². The SMILES string of the molecule is CNC(C)c1cccc(NC(=O)N(C)Cc2ncn[nH]2)c1. The van der Waals surface area contributed by atoms with Crippen molar-refractivity contribution < 1.29 is 4.79 Å². The summed E-state index contributed by atoms with van der Waals surface area (Å²) in [4.78, 5) is 17.7. The molecule has 1 atom stereocenters. The lowest BCUT2D eigenvalue weighted by Crippen LogP contribution is -2.31. The van der Waals surface area contributed by atoms with E-state index in [1.807, 2.05) is 31.3 Å². The van der Waals surface area contributed by atoms with Crippen molar-refractivity contribution >= 4 is 11.7 Å². The highest BCUT2D eigenvalue weighted by Gasteiger charge is 2.11. The second-order valence-corrected chi connectivity index (χ2v) is 4.85. The second-order valence-electron chi connectivity index (χ2n) is 4.85. The zero-order valence-corrected chi connectivity index (χ0v) is 12.4. The minimum atomic E-state index is -0.194. The van der Waals surface area contributed by atoms with Crippen LogP contribution in [-0.4, -0.2) is 40.2 Å². The van der Waals surface area contributed by atoms with Crippen molar-refractivity contribution in [1.29, 1.82) is 0 Å². The third kappa shape index (κ3) is 4.03. The molecule has 112 valence electrons. The molecule has 7 nitrogen and oxygen atoms in total. The number of anilines is 1. The van der Waals surface area contributed by atoms with Crippen LogP contribution in [0.5, 0.6) is 0 Å². The molecule has 1 unspecified atom stereocenters. The van der Waals surface area contributed by atoms with Gasteiger partial charge in [-0.2, -0.15) is 5.10 Å². The summed E-state index contributed by atoms with van der Waals surface area (Å²) in [5.41, 5.74) is 1.89. The number of aromatic amines is 1. The van der Waals surface area contributed by atoms with Crippen molar-refractivity contribution in [3.8, 4) is 0 Å². The van der Waals surface area contributed by atoms with Gasteiger partial charge in [-0.3, -0.25) is 5.10 Å². The lowest BCUT2D eigenvalue weighted by Gasteiger charge is -2.17. The number of benzene rings is 1. The van der Waals surface area contributed by atoms with Gasteiger partial charge in [0.15, 0.2) is 0 Å². The number of nitrogens with one attached hydrogen (secondary N) is 3. The standard InChI is InChI=1S/C14H20N6O/c1-10(15-2)11-5-4-6-12(7-11)18-14(21)20(3)8-13-16-9-17-19-13/h4-7,9-10,15H,8H2,1-3H3,(H,18,21)(H,16,17,19). The van der Waals surface area contributed by atoms with Crippen LogP contribution >= 0.6 is 0 Å². The van der Waals surface area contributed by atoms with Crippen molar-refractivity contribution in [2.45, 2.75) is 19.5 Å². The van der Waals surface area contributed by atoms with Gasteiger partial charge in [-0.05, 0) is 31.7 Å². The van der Waals surface area contributed by atoms with E-state index in [1.165, 1.54) is 11.2 Å². The molecule has 2 rings (SSSR count). The summed E-state index contributed by atoms with van der Waals surface area (Å²) in [6.45, 7) is 2.44. The average molecular weight is 288 g/mol. The van der Waals surface area contributed by atoms with Gasteiger partial charge in [0.05, 0.1) is 6.54 Å². The molecule has 0 aliphatic carbocycles. The number of aromatic nitrogens is 3. The first-order valence-corrected chi connectivity index (χ1v) is 6.73. The molecule has 3 N–H and O–H groups in total. The average Bonchev–Trinajstić information content (AvgIpc) is 2.99. The molecule has 0 saturated heterocycles. The molecular formula is C14H20N6O. The molecule has 0 bridgehead atoms. The maximum atomic E-state index is 12.1. The molecule has 0 aliphatic rings. The zero-order valence-electron chi connectivity index (χ0n) is 12.4. The van der Waals surface area contributed by atoms with Gasteiger partial charge in [-0.1, -0.05) is 12.1 Å². The molecule has 2 amide bonds. The lowest BCUT2D eigenvalue weighted by atomic mass is 10.1. The van der Waals surface area contributed by atoms with Crippen molar-refractivity contribution in [3.05, 3.63) is 42.0 Å². The molecule has 0 spiro atoms. The Kier molecular flexibility index (Phi) is 4.89. The third-order valence-electron chi connectivity index (χ3n) is 3.27. The Hall–Kier alpha value is -2.41. The molecule has 0 radical (unpaired) electrons. The van der Waals surface area contributed by atoms with Crippen LogP contribution in [0.4, 0.5) is 10.5 Å². The Morgan fingerprint density at radius 3 is 2.95 bits per heavy atom. The molecule has 0 saturated carbocycles. The van der Waals surface area contributed by atoms with Crippen LogP contribution in [-0.2, 0) is 6.54 Å². The number of hydrogen-bond acceptors (Lipinski definition) is 4. The summed E-state index contributed by atoms with van der Waals surface area (Å²) in [5.74, 6) is 0.644. The van der Waals surface area contributed by atoms with Crippen LogP contribution in [0.3, 0.4) is 0 Å². The summed E-state index contributed by atoms with van der Waals surface area (Å²) >= 11 is 0. The predicted molar refractivity (Wildman–Crippen MR) is 80.8 cm³/mol. The number of rotatable bonds is 5. The van der Waals surface area contributed by atoms with E-state index in [4.69, 9.17) is 0 Å². The van der Waals surface area contributed by atoms with Crippen LogP contribution in [0, 0.1) is 0 Å². The Labute approximate surface area is 123 Å². The Bertz CT molecular complexity index is 583. The second kappa shape index (κ2) is 6.85. The van der Waals surface area contributed by atoms with Crippen LogP contribution < -0.4 is 10.6 Å². The minimum Gasteiger partial charge on any atom is -0.320 e. The zero-order chi connectivity index (χ0) is 15.2. The van der Waals surface area contributed by atoms with E-state index in [-0.39, 0.29) is 12.1 Å². The van der Waals surface area contributed by atoms with Crippen molar-refractivity contribution in [2.75, 3.05) is 19.4 Å². The number of hydrogen-bond donors (Lipinski definition) is 3. The first kappa shape index (κ1) is 15.0. The number of carbonyl (C=O) groups is 1. The first-order valence-electron chi connectivity index (χ1n) is 6.73. The van der Waals surface area contributed by atoms with Gasteiger partial charge in [0, 0.05) is 18.8 Å². The fourth-order valence-corrected chi connectivity index (χ4v) is 1.87. The maximum absolute atomic E-state index is 12.1. The Morgan fingerprint density at radius 1 is 1.48 bits per heavy atom. The molecule has 2 aromatic rings. The molecule has 1 heterocycles. The molecule has 21 heavy (non-hydrogen) atoms. The molecule has 1 aromatic carbocycles. The molecule has 0 fully saturated rings. The highest BCUT2D eigenvalue weighted by Crippen LogP contribution is 2.17. The Morgan fingerprint density at radius 2 is 2.29 bits per heavy atom. The smallest absolute Gasteiger partial charge is 0.320 e. The third-order valence-corrected chi connectivity index (χ3v) is 3.27. The highest BCUT2D eigenvalue weighted by molar-refractivity contribution is 5.89. The predicted octanol–water partition coefficient (Wildman–Crippen LogP) is 1.75. The van der Waals surface area contributed by atoms with Gasteiger partial charge in [-0.25, -0.2) is 9.78 Å². The highest BCUT2D eigenvalue weighted by atomic mass is 16.2. The van der Waals surface area contributed by atoms with Crippen molar-refractivity contribution in [3.63, 3.8) is 0 Å². The number of carbonyl (C=O) groups excluding carboxylic acids is 1. The molecule has 1 aromatic heterocycles. The van der Waals surface area contributed by atoms with Crippen LogP contribution in [0.2, 0.25) is 0 Å². The van der Waals surface area contributed by atoms with Crippen LogP contribution in [0.1, 0.15) is 24.4 Å². The quantitative estimate of drug-likeness (QED) is 0.782. The number of H-pyrrole nitrogens is 1. The number of urea groups is 1. The number of nitrogens with zero attached hydrogens (tertiary/aromatic N) is 3. The van der Waals surface area contributed by atoms with Crippen LogP contribution in [0.25, 0.3) is 0 Å². The number of amides is 2. The molecule has 7 heteroatoms. The maximum Gasteiger partial charge on any atom is 0.321 e. The summed E-state index contributed by atoms with van der Waals surface area (Å²) in [6.07, 6.45) is 1.42. The van der Waals surface area contributed by atoms with E-state index < -0.39 is 0 Å². The van der Waals surface area contributed by atoms with Gasteiger partial charge in [0.25, 0.3) is 0 Å². The van der Waals surface area contributed by atoms with E-state index in [9.17, 15) is 4.79 Å². The van der Waals surface area contributed by atoms with Gasteiger partial charge in [-0.15, -0.1) is 0 Å². The minimum absolute atomic E-state index is 0.194. The molecule has 0 aliphatic heterocycles. The van der Waals surface area contributed by atoms with E-state index in [1.54, 1.807) is 7.05 Å². The van der Waals surface area contributed by atoms with E-state index >= 15 is 0 Å². The molecular weight excluding hydrogens is 268 g/mol. The monoisotopic (exact) mass is 288 g/mol.